The van der Waals surface area contributed by atoms with Crippen LogP contribution >= 0.6 is 11.6 Å². The van der Waals surface area contributed by atoms with Gasteiger partial charge in [0.2, 0.25) is 0 Å². The van der Waals surface area contributed by atoms with Crippen molar-refractivity contribution in [2.45, 2.75) is 19.8 Å². The van der Waals surface area contributed by atoms with Crippen molar-refractivity contribution < 1.29 is 17.0 Å². The molecule has 0 atom stereocenters. The Hall–Kier alpha value is -0.810. The standard InChI is InChI=1S/C11H14ClFO3S/c1-9-8-10(4-5-11(9)12)16-6-2-3-7-17(13,14)15/h4-5,8H,2-3,6-7H2,1H3. The second-order valence-electron chi connectivity index (χ2n) is 3.71. The number of unbranched alkanes of at least 4 members (excludes halogenated alkanes) is 1. The molecule has 6 heteroatoms. The monoisotopic (exact) mass is 280 g/mol. The third kappa shape index (κ3) is 5.89. The van der Waals surface area contributed by atoms with E-state index in [0.29, 0.717) is 23.8 Å². The summed E-state index contributed by atoms with van der Waals surface area (Å²) in [5.74, 6) is 0.228. The van der Waals surface area contributed by atoms with Gasteiger partial charge in [0.1, 0.15) is 5.75 Å². The van der Waals surface area contributed by atoms with Gasteiger partial charge < -0.3 is 4.74 Å². The van der Waals surface area contributed by atoms with Crippen LogP contribution < -0.4 is 4.74 Å². The Bertz CT molecular complexity index is 474. The highest BCUT2D eigenvalue weighted by Gasteiger charge is 2.06. The summed E-state index contributed by atoms with van der Waals surface area (Å²) in [5.41, 5.74) is 0.913. The molecule has 0 aliphatic heterocycles. The van der Waals surface area contributed by atoms with Gasteiger partial charge in [-0.2, -0.15) is 8.42 Å². The van der Waals surface area contributed by atoms with Crippen molar-refractivity contribution >= 4 is 21.8 Å². The van der Waals surface area contributed by atoms with Crippen molar-refractivity contribution in [2.75, 3.05) is 12.4 Å². The molecule has 0 fully saturated rings. The van der Waals surface area contributed by atoms with Crippen LogP contribution in [0.4, 0.5) is 3.89 Å². The maximum absolute atomic E-state index is 12.2. The van der Waals surface area contributed by atoms with Crippen LogP contribution in [0.5, 0.6) is 5.75 Å². The van der Waals surface area contributed by atoms with Crippen LogP contribution in [0.1, 0.15) is 18.4 Å². The van der Waals surface area contributed by atoms with Gasteiger partial charge in [0.05, 0.1) is 12.4 Å². The molecule has 3 nitrogen and oxygen atoms in total. The number of ether oxygens (including phenoxy) is 1. The Morgan fingerprint density at radius 2 is 2.06 bits per heavy atom. The van der Waals surface area contributed by atoms with Gasteiger partial charge in [-0.25, -0.2) is 0 Å². The van der Waals surface area contributed by atoms with Gasteiger partial charge in [-0.15, -0.1) is 3.89 Å². The van der Waals surface area contributed by atoms with Crippen molar-refractivity contribution in [1.82, 2.24) is 0 Å². The minimum atomic E-state index is -4.35. The summed E-state index contributed by atoms with van der Waals surface area (Å²) in [5, 5.41) is 0.667. The third-order valence-corrected chi connectivity index (χ3v) is 3.38. The van der Waals surface area contributed by atoms with Crippen molar-refractivity contribution in [3.05, 3.63) is 28.8 Å². The van der Waals surface area contributed by atoms with Crippen LogP contribution in [0, 0.1) is 6.92 Å². The Balaban J connectivity index is 2.29. The zero-order valence-electron chi connectivity index (χ0n) is 9.45. The Morgan fingerprint density at radius 3 is 2.65 bits per heavy atom. The molecule has 0 saturated carbocycles. The SMILES string of the molecule is Cc1cc(OCCCCS(=O)(=O)F)ccc1Cl. The number of hydrogen-bond donors (Lipinski definition) is 0. The van der Waals surface area contributed by atoms with Crippen molar-refractivity contribution in [3.8, 4) is 5.75 Å². The molecule has 0 N–H and O–H groups in total. The third-order valence-electron chi connectivity index (χ3n) is 2.18. The van der Waals surface area contributed by atoms with E-state index in [1.165, 1.54) is 0 Å². The zero-order valence-corrected chi connectivity index (χ0v) is 11.0. The predicted molar refractivity (Wildman–Crippen MR) is 65.8 cm³/mol. The Morgan fingerprint density at radius 1 is 1.35 bits per heavy atom. The topological polar surface area (TPSA) is 43.4 Å². The van der Waals surface area contributed by atoms with Crippen LogP contribution in [0.25, 0.3) is 0 Å². The molecule has 1 rings (SSSR count). The maximum Gasteiger partial charge on any atom is 0.302 e. The normalized spacial score (nSPS) is 11.5. The van der Waals surface area contributed by atoms with E-state index in [4.69, 9.17) is 16.3 Å². The molecule has 0 saturated heterocycles. The lowest BCUT2D eigenvalue weighted by Gasteiger charge is -2.07. The molecule has 0 aliphatic rings. The summed E-state index contributed by atoms with van der Waals surface area (Å²) in [4.78, 5) is 0. The Labute approximate surface area is 106 Å². The lowest BCUT2D eigenvalue weighted by Crippen LogP contribution is -2.03. The molecule has 96 valence electrons. The lowest BCUT2D eigenvalue weighted by atomic mass is 10.2. The van der Waals surface area contributed by atoms with Crippen LogP contribution in [0.15, 0.2) is 18.2 Å². The lowest BCUT2D eigenvalue weighted by molar-refractivity contribution is 0.309. The van der Waals surface area contributed by atoms with E-state index < -0.39 is 16.0 Å². The smallest absolute Gasteiger partial charge is 0.302 e. The van der Waals surface area contributed by atoms with Crippen molar-refractivity contribution in [1.29, 1.82) is 0 Å². The fourth-order valence-corrected chi connectivity index (χ4v) is 1.94. The van der Waals surface area contributed by atoms with E-state index in [-0.39, 0.29) is 6.42 Å². The van der Waals surface area contributed by atoms with E-state index in [0.717, 1.165) is 5.56 Å². The molecule has 0 heterocycles. The van der Waals surface area contributed by atoms with Gasteiger partial charge in [-0.05, 0) is 43.5 Å². The molecular weight excluding hydrogens is 267 g/mol. The molecule has 0 aliphatic carbocycles. The molecule has 1 aromatic carbocycles. The number of aryl methyl sites for hydroxylation is 1. The predicted octanol–water partition coefficient (Wildman–Crippen LogP) is 3.11. The van der Waals surface area contributed by atoms with Crippen LogP contribution in [-0.2, 0) is 10.2 Å². The highest BCUT2D eigenvalue weighted by molar-refractivity contribution is 7.86. The minimum absolute atomic E-state index is 0.255. The average molecular weight is 281 g/mol. The highest BCUT2D eigenvalue weighted by atomic mass is 35.5. The first kappa shape index (κ1) is 14.3. The number of benzene rings is 1. The van der Waals surface area contributed by atoms with E-state index in [9.17, 15) is 12.3 Å². The first-order valence-corrected chi connectivity index (χ1v) is 7.13. The summed E-state index contributed by atoms with van der Waals surface area (Å²) < 4.78 is 38.0. The first-order valence-electron chi connectivity index (χ1n) is 5.20. The fraction of sp³-hybridized carbons (Fsp3) is 0.455. The molecular formula is C11H14ClFO3S. The number of hydrogen-bond acceptors (Lipinski definition) is 3. The zero-order chi connectivity index (χ0) is 12.9. The summed E-state index contributed by atoms with van der Waals surface area (Å²) >= 11 is 5.85. The summed E-state index contributed by atoms with van der Waals surface area (Å²) in [7, 11) is -4.35. The second kappa shape index (κ2) is 6.21. The van der Waals surface area contributed by atoms with Crippen molar-refractivity contribution in [2.24, 2.45) is 0 Å². The Kier molecular flexibility index (Phi) is 5.21. The van der Waals surface area contributed by atoms with Crippen LogP contribution in [-0.4, -0.2) is 20.8 Å². The molecule has 0 aromatic heterocycles. The van der Waals surface area contributed by atoms with Crippen LogP contribution in [0.2, 0.25) is 5.02 Å². The van der Waals surface area contributed by atoms with E-state index in [1.54, 1.807) is 18.2 Å². The number of rotatable bonds is 6. The minimum Gasteiger partial charge on any atom is -0.494 e. The molecule has 0 spiro atoms. The molecule has 0 bridgehead atoms. The molecule has 0 radical (unpaired) electrons. The molecule has 0 amide bonds. The second-order valence-corrected chi connectivity index (χ2v) is 5.60. The largest absolute Gasteiger partial charge is 0.494 e. The highest BCUT2D eigenvalue weighted by Crippen LogP contribution is 2.21. The van der Waals surface area contributed by atoms with Gasteiger partial charge in [-0.1, -0.05) is 11.6 Å². The van der Waals surface area contributed by atoms with E-state index >= 15 is 0 Å². The molecule has 1 aromatic rings. The van der Waals surface area contributed by atoms with Gasteiger partial charge in [0.15, 0.2) is 0 Å². The summed E-state index contributed by atoms with van der Waals surface area (Å²) in [6.07, 6.45) is 0.746. The molecule has 0 unspecified atom stereocenters. The van der Waals surface area contributed by atoms with Gasteiger partial charge in [-0.3, -0.25) is 0 Å². The van der Waals surface area contributed by atoms with Crippen molar-refractivity contribution in [3.63, 3.8) is 0 Å². The van der Waals surface area contributed by atoms with E-state index in [2.05, 4.69) is 0 Å². The van der Waals surface area contributed by atoms with Crippen LogP contribution in [0.3, 0.4) is 0 Å². The fourth-order valence-electron chi connectivity index (χ4n) is 1.27. The summed E-state index contributed by atoms with van der Waals surface area (Å²) in [6, 6.07) is 5.27. The maximum atomic E-state index is 12.2. The molecule has 17 heavy (non-hydrogen) atoms. The van der Waals surface area contributed by atoms with E-state index in [1.807, 2.05) is 6.92 Å². The average Bonchev–Trinajstić information content (AvgIpc) is 2.21. The van der Waals surface area contributed by atoms with Gasteiger partial charge in [0.25, 0.3) is 0 Å². The van der Waals surface area contributed by atoms with Gasteiger partial charge in [0, 0.05) is 5.02 Å². The summed E-state index contributed by atoms with van der Waals surface area (Å²) in [6.45, 7) is 2.22. The quantitative estimate of drug-likeness (QED) is 0.594. The van der Waals surface area contributed by atoms with Gasteiger partial charge >= 0.3 is 10.2 Å². The first-order chi connectivity index (χ1) is 7.88. The number of halogens is 2.